The Balaban J connectivity index is 2.11. The molecule has 0 radical (unpaired) electrons. The lowest BCUT2D eigenvalue weighted by Gasteiger charge is -2.09. The maximum Gasteiger partial charge on any atom is 0.242 e. The molecule has 0 amide bonds. The minimum atomic E-state index is -3.45. The van der Waals surface area contributed by atoms with E-state index in [1.807, 2.05) is 0 Å². The molecule has 16 heavy (non-hydrogen) atoms. The second-order valence-corrected chi connectivity index (χ2v) is 5.46. The third kappa shape index (κ3) is 2.43. The summed E-state index contributed by atoms with van der Waals surface area (Å²) in [5.74, 6) is 0. The van der Waals surface area contributed by atoms with E-state index >= 15 is 0 Å². The van der Waals surface area contributed by atoms with Gasteiger partial charge in [-0.1, -0.05) is 0 Å². The number of nitrogens with one attached hydrogen (secondary N) is 2. The van der Waals surface area contributed by atoms with Gasteiger partial charge in [0.2, 0.25) is 10.0 Å². The van der Waals surface area contributed by atoms with Crippen LogP contribution < -0.4 is 10.5 Å². The van der Waals surface area contributed by atoms with Gasteiger partial charge in [0.05, 0.1) is 11.5 Å². The predicted molar refractivity (Wildman–Crippen MR) is 58.2 cm³/mol. The van der Waals surface area contributed by atoms with E-state index in [1.165, 1.54) is 12.3 Å². The summed E-state index contributed by atoms with van der Waals surface area (Å²) in [6.07, 6.45) is 2.16. The zero-order valence-corrected chi connectivity index (χ0v) is 9.59. The Kier molecular flexibility index (Phi) is 3.29. The molecule has 7 heteroatoms. The first-order valence-corrected chi connectivity index (χ1v) is 6.57. The molecule has 2 rings (SSSR count). The molecule has 0 saturated carbocycles. The average Bonchev–Trinajstić information content (AvgIpc) is 2.85. The van der Waals surface area contributed by atoms with Gasteiger partial charge in [0.1, 0.15) is 0 Å². The lowest BCUT2D eigenvalue weighted by molar-refractivity contribution is 0.192. The standard InChI is InChI=1S/C9H15N3O3S/c10-4-8-3-9(5-11-8)16(13,14)12-7-1-2-15-6-7/h3,5,7,11-12H,1-2,4,6,10H2. The Morgan fingerprint density at radius 2 is 2.44 bits per heavy atom. The zero-order valence-electron chi connectivity index (χ0n) is 8.77. The van der Waals surface area contributed by atoms with E-state index in [4.69, 9.17) is 10.5 Å². The van der Waals surface area contributed by atoms with E-state index in [-0.39, 0.29) is 10.9 Å². The highest BCUT2D eigenvalue weighted by molar-refractivity contribution is 7.89. The Labute approximate surface area is 94.2 Å². The van der Waals surface area contributed by atoms with Gasteiger partial charge in [-0.15, -0.1) is 0 Å². The first kappa shape index (κ1) is 11.6. The fourth-order valence-corrected chi connectivity index (χ4v) is 2.88. The van der Waals surface area contributed by atoms with Gasteiger partial charge in [-0.05, 0) is 12.5 Å². The molecule has 1 aromatic rings. The van der Waals surface area contributed by atoms with Crippen molar-refractivity contribution in [1.29, 1.82) is 0 Å². The molecule has 0 spiro atoms. The highest BCUT2D eigenvalue weighted by Gasteiger charge is 2.24. The van der Waals surface area contributed by atoms with Crippen LogP contribution in [0.2, 0.25) is 0 Å². The third-order valence-corrected chi connectivity index (χ3v) is 4.00. The van der Waals surface area contributed by atoms with Gasteiger partial charge in [-0.3, -0.25) is 0 Å². The van der Waals surface area contributed by atoms with Gasteiger partial charge in [0.15, 0.2) is 0 Å². The lowest BCUT2D eigenvalue weighted by Crippen LogP contribution is -2.34. The van der Waals surface area contributed by atoms with Gasteiger partial charge in [0, 0.05) is 31.1 Å². The Bertz CT molecular complexity index is 448. The van der Waals surface area contributed by atoms with Crippen LogP contribution in [0.1, 0.15) is 12.1 Å². The molecular weight excluding hydrogens is 230 g/mol. The highest BCUT2D eigenvalue weighted by Crippen LogP contribution is 2.13. The Morgan fingerprint density at radius 1 is 1.62 bits per heavy atom. The summed E-state index contributed by atoms with van der Waals surface area (Å²) >= 11 is 0. The fourth-order valence-electron chi connectivity index (χ4n) is 1.61. The molecule has 0 aliphatic carbocycles. The number of nitrogens with two attached hydrogens (primary N) is 1. The maximum atomic E-state index is 11.9. The second kappa shape index (κ2) is 4.54. The molecule has 1 aliphatic rings. The van der Waals surface area contributed by atoms with Gasteiger partial charge >= 0.3 is 0 Å². The van der Waals surface area contributed by atoms with Crippen LogP contribution in [0.5, 0.6) is 0 Å². The second-order valence-electron chi connectivity index (χ2n) is 3.75. The maximum absolute atomic E-state index is 11.9. The van der Waals surface area contributed by atoms with Crippen molar-refractivity contribution in [3.05, 3.63) is 18.0 Å². The van der Waals surface area contributed by atoms with Crippen LogP contribution in [-0.4, -0.2) is 32.7 Å². The smallest absolute Gasteiger partial charge is 0.242 e. The van der Waals surface area contributed by atoms with Crippen molar-refractivity contribution in [2.45, 2.75) is 23.9 Å². The molecule has 1 aromatic heterocycles. The van der Waals surface area contributed by atoms with E-state index in [0.29, 0.717) is 31.9 Å². The minimum Gasteiger partial charge on any atom is -0.380 e. The van der Waals surface area contributed by atoms with Crippen molar-refractivity contribution in [1.82, 2.24) is 9.71 Å². The normalized spacial score (nSPS) is 21.4. The summed E-state index contributed by atoms with van der Waals surface area (Å²) in [4.78, 5) is 3.03. The van der Waals surface area contributed by atoms with E-state index in [1.54, 1.807) is 0 Å². The summed E-state index contributed by atoms with van der Waals surface area (Å²) in [6, 6.07) is 1.42. The first-order valence-electron chi connectivity index (χ1n) is 5.09. The van der Waals surface area contributed by atoms with Crippen molar-refractivity contribution in [3.63, 3.8) is 0 Å². The van der Waals surface area contributed by atoms with Crippen LogP contribution in [0.25, 0.3) is 0 Å². The summed E-state index contributed by atoms with van der Waals surface area (Å²) < 4.78 is 31.5. The van der Waals surface area contributed by atoms with Gasteiger partial charge < -0.3 is 15.5 Å². The van der Waals surface area contributed by atoms with Crippen LogP contribution in [0.4, 0.5) is 0 Å². The van der Waals surface area contributed by atoms with Crippen molar-refractivity contribution in [2.24, 2.45) is 5.73 Å². The van der Waals surface area contributed by atoms with Crippen LogP contribution in [0.3, 0.4) is 0 Å². The van der Waals surface area contributed by atoms with Crippen LogP contribution in [-0.2, 0) is 21.3 Å². The quantitative estimate of drug-likeness (QED) is 0.668. The summed E-state index contributed by atoms with van der Waals surface area (Å²) in [7, 11) is -3.45. The SMILES string of the molecule is NCc1cc(S(=O)(=O)NC2CCOC2)c[nH]1. The molecule has 4 N–H and O–H groups in total. The highest BCUT2D eigenvalue weighted by atomic mass is 32.2. The summed E-state index contributed by atoms with van der Waals surface area (Å²) in [5, 5.41) is 0. The summed E-state index contributed by atoms with van der Waals surface area (Å²) in [6.45, 7) is 1.34. The van der Waals surface area contributed by atoms with Gasteiger partial charge in [-0.2, -0.15) is 0 Å². The number of hydrogen-bond acceptors (Lipinski definition) is 4. The molecule has 0 bridgehead atoms. The van der Waals surface area contributed by atoms with Crippen molar-refractivity contribution in [3.8, 4) is 0 Å². The number of ether oxygens (including phenoxy) is 1. The number of rotatable bonds is 4. The largest absolute Gasteiger partial charge is 0.380 e. The molecule has 0 aromatic carbocycles. The van der Waals surface area contributed by atoms with Crippen molar-refractivity contribution < 1.29 is 13.2 Å². The van der Waals surface area contributed by atoms with Crippen molar-refractivity contribution >= 4 is 10.0 Å². The third-order valence-electron chi connectivity index (χ3n) is 2.50. The molecular formula is C9H15N3O3S. The first-order chi connectivity index (χ1) is 7.62. The number of aromatic amines is 1. The fraction of sp³-hybridized carbons (Fsp3) is 0.556. The minimum absolute atomic E-state index is 0.124. The number of sulfonamides is 1. The number of H-pyrrole nitrogens is 1. The van der Waals surface area contributed by atoms with Gasteiger partial charge in [-0.25, -0.2) is 13.1 Å². The molecule has 1 unspecified atom stereocenters. The molecule has 6 nitrogen and oxygen atoms in total. The van der Waals surface area contributed by atoms with E-state index < -0.39 is 10.0 Å². The van der Waals surface area contributed by atoms with Crippen LogP contribution in [0.15, 0.2) is 17.2 Å². The molecule has 2 heterocycles. The average molecular weight is 245 g/mol. The topological polar surface area (TPSA) is 97.2 Å². The zero-order chi connectivity index (χ0) is 11.6. The van der Waals surface area contributed by atoms with E-state index in [2.05, 4.69) is 9.71 Å². The Morgan fingerprint density at radius 3 is 3.00 bits per heavy atom. The number of aromatic nitrogens is 1. The molecule has 1 aliphatic heterocycles. The molecule has 90 valence electrons. The van der Waals surface area contributed by atoms with Crippen LogP contribution in [0, 0.1) is 0 Å². The van der Waals surface area contributed by atoms with Crippen molar-refractivity contribution in [2.75, 3.05) is 13.2 Å². The van der Waals surface area contributed by atoms with E-state index in [9.17, 15) is 8.42 Å². The predicted octanol–water partition coefficient (Wildman–Crippen LogP) is -0.459. The monoisotopic (exact) mass is 245 g/mol. The summed E-state index contributed by atoms with van der Waals surface area (Å²) in [5.41, 5.74) is 6.10. The number of hydrogen-bond donors (Lipinski definition) is 3. The van der Waals surface area contributed by atoms with Crippen LogP contribution >= 0.6 is 0 Å². The van der Waals surface area contributed by atoms with E-state index in [0.717, 1.165) is 0 Å². The molecule has 1 saturated heterocycles. The van der Waals surface area contributed by atoms with Gasteiger partial charge in [0.25, 0.3) is 0 Å². The lowest BCUT2D eigenvalue weighted by atomic mass is 10.3. The molecule has 1 fully saturated rings. The Hall–Kier alpha value is -0.890. The molecule has 1 atom stereocenters.